The second-order valence-electron chi connectivity index (χ2n) is 5.95. The average Bonchev–Trinajstić information content (AvgIpc) is 2.65. The number of hydrogen-bond acceptors (Lipinski definition) is 6. The zero-order chi connectivity index (χ0) is 18.3. The van der Waals surface area contributed by atoms with Crippen molar-refractivity contribution < 1.29 is 18.6 Å². The maximum absolute atomic E-state index is 12.1. The highest BCUT2D eigenvalue weighted by Crippen LogP contribution is 2.21. The minimum atomic E-state index is -4.04. The predicted octanol–water partition coefficient (Wildman–Crippen LogP) is 0.814. The maximum atomic E-state index is 12.1. The number of nitriles is 1. The molecule has 8 heteroatoms. The molecule has 1 unspecified atom stereocenters. The number of aliphatic hydroxyl groups excluding tert-OH is 2. The predicted molar refractivity (Wildman–Crippen MR) is 96.1 cm³/mol. The first-order valence-electron chi connectivity index (χ1n) is 8.21. The SMILES string of the molecule is N#C/C(=C\c1ccc(N2CCCCC2)cc1)S(=O)(=O)NCC(O)CO. The Morgan fingerprint density at radius 1 is 1.28 bits per heavy atom. The van der Waals surface area contributed by atoms with Crippen molar-refractivity contribution in [3.8, 4) is 6.07 Å². The molecule has 2 rings (SSSR count). The van der Waals surface area contributed by atoms with E-state index in [2.05, 4.69) is 9.62 Å². The van der Waals surface area contributed by atoms with Gasteiger partial charge >= 0.3 is 0 Å². The van der Waals surface area contributed by atoms with E-state index in [1.807, 2.05) is 12.1 Å². The smallest absolute Gasteiger partial charge is 0.250 e. The molecule has 1 aromatic rings. The normalized spacial score (nSPS) is 17.2. The van der Waals surface area contributed by atoms with Crippen LogP contribution in [0, 0.1) is 11.3 Å². The van der Waals surface area contributed by atoms with Crippen LogP contribution in [0.3, 0.4) is 0 Å². The van der Waals surface area contributed by atoms with Gasteiger partial charge in [0.1, 0.15) is 6.07 Å². The fraction of sp³-hybridized carbons (Fsp3) is 0.471. The number of nitrogens with one attached hydrogen (secondary N) is 1. The summed E-state index contributed by atoms with van der Waals surface area (Å²) in [5.41, 5.74) is 1.69. The van der Waals surface area contributed by atoms with E-state index in [4.69, 9.17) is 10.4 Å². The fourth-order valence-electron chi connectivity index (χ4n) is 2.60. The Balaban J connectivity index is 2.12. The van der Waals surface area contributed by atoms with Crippen molar-refractivity contribution in [2.45, 2.75) is 25.4 Å². The molecule has 3 N–H and O–H groups in total. The summed E-state index contributed by atoms with van der Waals surface area (Å²) < 4.78 is 26.3. The first-order valence-corrected chi connectivity index (χ1v) is 9.70. The molecule has 0 spiro atoms. The molecule has 1 atom stereocenters. The zero-order valence-electron chi connectivity index (χ0n) is 13.9. The number of hydrogen-bond donors (Lipinski definition) is 3. The van der Waals surface area contributed by atoms with Crippen molar-refractivity contribution in [1.29, 1.82) is 5.26 Å². The zero-order valence-corrected chi connectivity index (χ0v) is 14.7. The van der Waals surface area contributed by atoms with E-state index in [0.717, 1.165) is 18.8 Å². The molecule has 1 heterocycles. The Hall–Kier alpha value is -1.92. The van der Waals surface area contributed by atoms with Crippen LogP contribution in [-0.4, -0.2) is 51.0 Å². The van der Waals surface area contributed by atoms with Crippen LogP contribution in [-0.2, 0) is 10.0 Å². The highest BCUT2D eigenvalue weighted by Gasteiger charge is 2.19. The van der Waals surface area contributed by atoms with E-state index >= 15 is 0 Å². The van der Waals surface area contributed by atoms with Crippen molar-refractivity contribution in [1.82, 2.24) is 4.72 Å². The molecule has 0 radical (unpaired) electrons. The van der Waals surface area contributed by atoms with Gasteiger partial charge in [0.05, 0.1) is 12.7 Å². The van der Waals surface area contributed by atoms with Crippen LogP contribution in [0.5, 0.6) is 0 Å². The monoisotopic (exact) mass is 365 g/mol. The summed E-state index contributed by atoms with van der Waals surface area (Å²) in [6.45, 7) is 1.12. The van der Waals surface area contributed by atoms with Gasteiger partial charge in [-0.3, -0.25) is 0 Å². The van der Waals surface area contributed by atoms with Crippen molar-refractivity contribution in [3.63, 3.8) is 0 Å². The quantitative estimate of drug-likeness (QED) is 0.616. The Morgan fingerprint density at radius 3 is 2.48 bits per heavy atom. The molecule has 0 aromatic heterocycles. The van der Waals surface area contributed by atoms with Gasteiger partial charge in [-0.05, 0) is 43.0 Å². The van der Waals surface area contributed by atoms with Gasteiger partial charge in [0, 0.05) is 25.3 Å². The van der Waals surface area contributed by atoms with Crippen LogP contribution in [0.4, 0.5) is 5.69 Å². The number of rotatable bonds is 7. The van der Waals surface area contributed by atoms with Crippen LogP contribution in [0.15, 0.2) is 29.2 Å². The molecule has 0 aliphatic carbocycles. The van der Waals surface area contributed by atoms with Crippen molar-refractivity contribution in [2.24, 2.45) is 0 Å². The molecule has 1 fully saturated rings. The van der Waals surface area contributed by atoms with Gasteiger partial charge in [0.25, 0.3) is 10.0 Å². The van der Waals surface area contributed by atoms with E-state index in [0.29, 0.717) is 5.56 Å². The molecule has 0 bridgehead atoms. The fourth-order valence-corrected chi connectivity index (χ4v) is 3.58. The number of allylic oxidation sites excluding steroid dienone is 1. The van der Waals surface area contributed by atoms with Gasteiger partial charge in [-0.25, -0.2) is 13.1 Å². The van der Waals surface area contributed by atoms with Crippen LogP contribution in [0.2, 0.25) is 0 Å². The van der Waals surface area contributed by atoms with Crippen LogP contribution in [0.25, 0.3) is 6.08 Å². The maximum Gasteiger partial charge on any atom is 0.250 e. The summed E-state index contributed by atoms with van der Waals surface area (Å²) >= 11 is 0. The third-order valence-corrected chi connectivity index (χ3v) is 5.37. The molecule has 1 aliphatic heterocycles. The van der Waals surface area contributed by atoms with Gasteiger partial charge in [0.2, 0.25) is 0 Å². The first-order chi connectivity index (χ1) is 12.0. The number of anilines is 1. The molecule has 7 nitrogen and oxygen atoms in total. The molecule has 0 saturated carbocycles. The summed E-state index contributed by atoms with van der Waals surface area (Å²) in [4.78, 5) is 1.85. The molecule has 1 saturated heterocycles. The topological polar surface area (TPSA) is 114 Å². The highest BCUT2D eigenvalue weighted by atomic mass is 32.2. The molecule has 0 amide bonds. The van der Waals surface area contributed by atoms with Crippen LogP contribution < -0.4 is 9.62 Å². The summed E-state index contributed by atoms with van der Waals surface area (Å²) in [7, 11) is -4.04. The molecule has 136 valence electrons. The molecule has 25 heavy (non-hydrogen) atoms. The third kappa shape index (κ3) is 5.54. The van der Waals surface area contributed by atoms with E-state index in [-0.39, 0.29) is 6.54 Å². The second-order valence-corrected chi connectivity index (χ2v) is 7.68. The van der Waals surface area contributed by atoms with Crippen molar-refractivity contribution >= 4 is 21.8 Å². The number of nitrogens with zero attached hydrogens (tertiary/aromatic N) is 2. The lowest BCUT2D eigenvalue weighted by Crippen LogP contribution is -2.34. The van der Waals surface area contributed by atoms with Crippen LogP contribution >= 0.6 is 0 Å². The van der Waals surface area contributed by atoms with E-state index in [1.54, 1.807) is 18.2 Å². The number of sulfonamides is 1. The summed E-state index contributed by atoms with van der Waals surface area (Å²) in [6.07, 6.45) is 3.67. The van der Waals surface area contributed by atoms with E-state index in [9.17, 15) is 13.5 Å². The number of piperidine rings is 1. The van der Waals surface area contributed by atoms with E-state index < -0.39 is 27.6 Å². The molecule has 1 aliphatic rings. The highest BCUT2D eigenvalue weighted by molar-refractivity contribution is 7.93. The number of aliphatic hydroxyl groups is 2. The molecular weight excluding hydrogens is 342 g/mol. The summed E-state index contributed by atoms with van der Waals surface area (Å²) in [6, 6.07) is 9.06. The second kappa shape index (κ2) is 8.97. The van der Waals surface area contributed by atoms with Gasteiger partial charge in [-0.1, -0.05) is 12.1 Å². The van der Waals surface area contributed by atoms with Crippen LogP contribution in [0.1, 0.15) is 24.8 Å². The molecular formula is C17H23N3O4S. The van der Waals surface area contributed by atoms with Gasteiger partial charge in [-0.15, -0.1) is 0 Å². The Morgan fingerprint density at radius 2 is 1.92 bits per heavy atom. The third-order valence-electron chi connectivity index (χ3n) is 4.03. The number of benzene rings is 1. The Kier molecular flexibility index (Phi) is 6.96. The van der Waals surface area contributed by atoms with Crippen molar-refractivity contribution in [3.05, 3.63) is 34.7 Å². The Labute approximate surface area is 148 Å². The lowest BCUT2D eigenvalue weighted by molar-refractivity contribution is 0.0989. The van der Waals surface area contributed by atoms with Gasteiger partial charge < -0.3 is 15.1 Å². The summed E-state index contributed by atoms with van der Waals surface area (Å²) in [5.74, 6) is 0. The Bertz CT molecular complexity index is 732. The minimum Gasteiger partial charge on any atom is -0.394 e. The lowest BCUT2D eigenvalue weighted by Gasteiger charge is -2.28. The minimum absolute atomic E-state index is 0.355. The average molecular weight is 365 g/mol. The standard InChI is InChI=1S/C17H23N3O4S/c18-11-17(25(23,24)19-12-16(22)13-21)10-14-4-6-15(7-5-14)20-8-2-1-3-9-20/h4-7,10,16,19,21-22H,1-3,8-9,12-13H2/b17-10+. The first kappa shape index (κ1) is 19.4. The lowest BCUT2D eigenvalue weighted by atomic mass is 10.1. The molecule has 1 aromatic carbocycles. The van der Waals surface area contributed by atoms with E-state index in [1.165, 1.54) is 25.3 Å². The van der Waals surface area contributed by atoms with Gasteiger partial charge in [0.15, 0.2) is 4.91 Å². The van der Waals surface area contributed by atoms with Gasteiger partial charge in [-0.2, -0.15) is 5.26 Å². The van der Waals surface area contributed by atoms with Crippen molar-refractivity contribution in [2.75, 3.05) is 31.1 Å². The summed E-state index contributed by atoms with van der Waals surface area (Å²) in [5, 5.41) is 27.1. The largest absolute Gasteiger partial charge is 0.394 e.